The minimum Gasteiger partial charge on any atom is -0.456 e. The van der Waals surface area contributed by atoms with Crippen LogP contribution < -0.4 is 5.32 Å². The third kappa shape index (κ3) is 4.41. The van der Waals surface area contributed by atoms with Crippen LogP contribution in [-0.4, -0.2) is 31.7 Å². The lowest BCUT2D eigenvalue weighted by Crippen LogP contribution is -2.42. The molecule has 5 rings (SSSR count). The quantitative estimate of drug-likeness (QED) is 0.389. The number of furan rings is 1. The van der Waals surface area contributed by atoms with E-state index in [0.29, 0.717) is 24.1 Å². The van der Waals surface area contributed by atoms with Crippen molar-refractivity contribution in [3.05, 3.63) is 77.1 Å². The van der Waals surface area contributed by atoms with Gasteiger partial charge in [-0.2, -0.15) is 0 Å². The average molecular weight is 501 g/mol. The van der Waals surface area contributed by atoms with Gasteiger partial charge in [0, 0.05) is 52.1 Å². The lowest BCUT2D eigenvalue weighted by atomic mass is 9.97. The Balaban J connectivity index is 1.23. The second-order valence-corrected chi connectivity index (χ2v) is 10.8. The Hall–Kier alpha value is -2.94. The summed E-state index contributed by atoms with van der Waals surface area (Å²) in [6.45, 7) is 0.379. The molecule has 9 heteroatoms. The van der Waals surface area contributed by atoms with E-state index < -0.39 is 21.6 Å². The zero-order valence-electron chi connectivity index (χ0n) is 18.1. The molecule has 176 valence electrons. The molecule has 4 aromatic rings. The maximum Gasteiger partial charge on any atom is 0.227 e. The monoisotopic (exact) mass is 500 g/mol. The van der Waals surface area contributed by atoms with Gasteiger partial charge < -0.3 is 9.73 Å². The second-order valence-electron chi connectivity index (χ2n) is 8.43. The SMILES string of the molecule is O=C(Nc1ccc2c(c1)oc1ccccc12)C1CCN(S(=O)(=O)Cc2c(F)cccc2Cl)CC1. The first kappa shape index (κ1) is 22.8. The molecule has 34 heavy (non-hydrogen) atoms. The van der Waals surface area contributed by atoms with Crippen LogP contribution in [0.1, 0.15) is 18.4 Å². The predicted octanol–water partition coefficient (Wildman–Crippen LogP) is 5.56. The van der Waals surface area contributed by atoms with Gasteiger partial charge >= 0.3 is 0 Å². The first-order valence-electron chi connectivity index (χ1n) is 10.9. The van der Waals surface area contributed by atoms with Crippen LogP contribution in [-0.2, 0) is 20.6 Å². The van der Waals surface area contributed by atoms with Crippen molar-refractivity contribution >= 4 is 55.2 Å². The number of piperidine rings is 1. The van der Waals surface area contributed by atoms with E-state index in [0.717, 1.165) is 16.4 Å². The lowest BCUT2D eigenvalue weighted by Gasteiger charge is -2.30. The fourth-order valence-corrected chi connectivity index (χ4v) is 6.31. The molecular weight excluding hydrogens is 479 g/mol. The third-order valence-corrected chi connectivity index (χ3v) is 8.41. The van der Waals surface area contributed by atoms with Gasteiger partial charge in [-0.1, -0.05) is 35.9 Å². The highest BCUT2D eigenvalue weighted by atomic mass is 35.5. The Morgan fingerprint density at radius 3 is 2.53 bits per heavy atom. The van der Waals surface area contributed by atoms with Crippen molar-refractivity contribution in [1.82, 2.24) is 4.31 Å². The summed E-state index contributed by atoms with van der Waals surface area (Å²) in [5.74, 6) is -1.64. The van der Waals surface area contributed by atoms with Crippen molar-refractivity contribution in [2.45, 2.75) is 18.6 Å². The third-order valence-electron chi connectivity index (χ3n) is 6.25. The summed E-state index contributed by atoms with van der Waals surface area (Å²) in [5.41, 5.74) is 2.06. The van der Waals surface area contributed by atoms with Crippen LogP contribution in [0.3, 0.4) is 0 Å². The van der Waals surface area contributed by atoms with Crippen LogP contribution in [0, 0.1) is 11.7 Å². The van der Waals surface area contributed by atoms with Crippen molar-refractivity contribution < 1.29 is 22.0 Å². The molecule has 0 radical (unpaired) electrons. The largest absolute Gasteiger partial charge is 0.456 e. The van der Waals surface area contributed by atoms with Crippen LogP contribution in [0.4, 0.5) is 10.1 Å². The van der Waals surface area contributed by atoms with E-state index in [9.17, 15) is 17.6 Å². The van der Waals surface area contributed by atoms with Crippen LogP contribution in [0.25, 0.3) is 21.9 Å². The van der Waals surface area contributed by atoms with E-state index in [1.807, 2.05) is 36.4 Å². The molecule has 1 N–H and O–H groups in total. The lowest BCUT2D eigenvalue weighted by molar-refractivity contribution is -0.120. The molecule has 0 unspecified atom stereocenters. The smallest absolute Gasteiger partial charge is 0.227 e. The molecule has 1 aliphatic heterocycles. The Kier molecular flexibility index (Phi) is 6.06. The highest BCUT2D eigenvalue weighted by molar-refractivity contribution is 7.88. The van der Waals surface area contributed by atoms with Crippen LogP contribution in [0.2, 0.25) is 5.02 Å². The van der Waals surface area contributed by atoms with Gasteiger partial charge in [-0.05, 0) is 43.2 Å². The molecular formula is C25H22ClFN2O4S. The number of sulfonamides is 1. The number of amides is 1. The molecule has 0 aliphatic carbocycles. The van der Waals surface area contributed by atoms with Gasteiger partial charge in [0.2, 0.25) is 15.9 Å². The maximum atomic E-state index is 14.1. The van der Waals surface area contributed by atoms with Gasteiger partial charge in [-0.15, -0.1) is 0 Å². The molecule has 0 bridgehead atoms. The first-order chi connectivity index (χ1) is 16.3. The molecule has 1 amide bonds. The summed E-state index contributed by atoms with van der Waals surface area (Å²) in [7, 11) is -3.76. The fourth-order valence-electron chi connectivity index (χ4n) is 4.39. The van der Waals surface area contributed by atoms with Crippen LogP contribution >= 0.6 is 11.6 Å². The fraction of sp³-hybridized carbons (Fsp3) is 0.240. The number of hydrogen-bond donors (Lipinski definition) is 1. The number of halogens is 2. The standard InChI is InChI=1S/C25H22ClFN2O4S/c26-21-5-3-6-22(27)20(21)15-34(31,32)29-12-10-16(11-13-29)25(30)28-17-8-9-19-18-4-1-2-7-23(18)33-24(19)14-17/h1-9,14,16H,10-13,15H2,(H,28,30). The van der Waals surface area contributed by atoms with E-state index >= 15 is 0 Å². The second kappa shape index (κ2) is 9.02. The zero-order chi connectivity index (χ0) is 23.9. The highest BCUT2D eigenvalue weighted by Gasteiger charge is 2.32. The first-order valence-corrected chi connectivity index (χ1v) is 12.9. The minimum absolute atomic E-state index is 0.0370. The van der Waals surface area contributed by atoms with Crippen LogP contribution in [0.15, 0.2) is 65.1 Å². The van der Waals surface area contributed by atoms with Gasteiger partial charge in [0.15, 0.2) is 0 Å². The average Bonchev–Trinajstić information content (AvgIpc) is 3.19. The Morgan fingerprint density at radius 1 is 1.03 bits per heavy atom. The summed E-state index contributed by atoms with van der Waals surface area (Å²) < 4.78 is 46.9. The molecule has 1 aliphatic rings. The molecule has 0 spiro atoms. The van der Waals surface area contributed by atoms with Crippen molar-refractivity contribution in [2.24, 2.45) is 5.92 Å². The van der Waals surface area contributed by atoms with E-state index in [1.54, 1.807) is 6.07 Å². The number of carbonyl (C=O) groups is 1. The van der Waals surface area contributed by atoms with Crippen LogP contribution in [0.5, 0.6) is 0 Å². The molecule has 1 saturated heterocycles. The van der Waals surface area contributed by atoms with E-state index in [2.05, 4.69) is 5.32 Å². The number of benzene rings is 3. The normalized spacial score (nSPS) is 15.7. The Bertz CT molecular complexity index is 1470. The van der Waals surface area contributed by atoms with Gasteiger partial charge in [0.05, 0.1) is 5.75 Å². The van der Waals surface area contributed by atoms with E-state index in [-0.39, 0.29) is 35.5 Å². The number of nitrogens with zero attached hydrogens (tertiary/aromatic N) is 1. The van der Waals surface area contributed by atoms with Crippen molar-refractivity contribution in [3.8, 4) is 0 Å². The number of anilines is 1. The van der Waals surface area contributed by atoms with Gasteiger partial charge in [0.1, 0.15) is 17.0 Å². The molecule has 6 nitrogen and oxygen atoms in total. The summed E-state index contributed by atoms with van der Waals surface area (Å²) >= 11 is 5.99. The Morgan fingerprint density at radius 2 is 1.76 bits per heavy atom. The minimum atomic E-state index is -3.76. The zero-order valence-corrected chi connectivity index (χ0v) is 19.7. The van der Waals surface area contributed by atoms with Crippen molar-refractivity contribution in [3.63, 3.8) is 0 Å². The number of para-hydroxylation sites is 1. The Labute approximate surface area is 201 Å². The van der Waals surface area contributed by atoms with Crippen molar-refractivity contribution in [2.75, 3.05) is 18.4 Å². The number of rotatable bonds is 5. The highest BCUT2D eigenvalue weighted by Crippen LogP contribution is 2.31. The topological polar surface area (TPSA) is 79.6 Å². The molecule has 3 aromatic carbocycles. The summed E-state index contributed by atoms with van der Waals surface area (Å²) in [5, 5.41) is 4.99. The maximum absolute atomic E-state index is 14.1. The number of nitrogens with one attached hydrogen (secondary N) is 1. The predicted molar refractivity (Wildman–Crippen MR) is 131 cm³/mol. The molecule has 1 fully saturated rings. The van der Waals surface area contributed by atoms with Gasteiger partial charge in [-0.3, -0.25) is 4.79 Å². The van der Waals surface area contributed by atoms with Gasteiger partial charge in [0.25, 0.3) is 0 Å². The molecule has 0 atom stereocenters. The molecule has 2 heterocycles. The summed E-state index contributed by atoms with van der Waals surface area (Å²) in [4.78, 5) is 12.8. The van der Waals surface area contributed by atoms with Gasteiger partial charge in [-0.25, -0.2) is 17.1 Å². The molecule has 1 aromatic heterocycles. The summed E-state index contributed by atoms with van der Waals surface area (Å²) in [6, 6.07) is 17.4. The summed E-state index contributed by atoms with van der Waals surface area (Å²) in [6.07, 6.45) is 0.756. The number of fused-ring (bicyclic) bond motifs is 3. The number of carbonyl (C=O) groups excluding carboxylic acids is 1. The van der Waals surface area contributed by atoms with E-state index in [4.69, 9.17) is 16.0 Å². The number of hydrogen-bond acceptors (Lipinski definition) is 4. The molecule has 0 saturated carbocycles. The van der Waals surface area contributed by atoms with Crippen molar-refractivity contribution in [1.29, 1.82) is 0 Å². The van der Waals surface area contributed by atoms with E-state index in [1.165, 1.54) is 22.5 Å².